The molecule has 1 aliphatic heterocycles. The zero-order valence-corrected chi connectivity index (χ0v) is 16.0. The van der Waals surface area contributed by atoms with Crippen molar-refractivity contribution in [1.29, 1.82) is 0 Å². The molecule has 3 heterocycles. The molecule has 140 valence electrons. The maximum Gasteiger partial charge on any atom is 0.295 e. The van der Waals surface area contributed by atoms with Gasteiger partial charge in [0, 0.05) is 29.4 Å². The summed E-state index contributed by atoms with van der Waals surface area (Å²) in [6.07, 6.45) is 3.30. The molecule has 1 unspecified atom stereocenters. The lowest BCUT2D eigenvalue weighted by atomic mass is 9.99. The van der Waals surface area contributed by atoms with Crippen LogP contribution in [0, 0.1) is 6.92 Å². The molecule has 5 nitrogen and oxygen atoms in total. The minimum atomic E-state index is -0.662. The number of Topliss-reactive ketones (excluding diaryl/α,β-unsaturated/α-hetero) is 1. The van der Waals surface area contributed by atoms with Gasteiger partial charge in [-0.3, -0.25) is 14.6 Å². The fourth-order valence-electron chi connectivity index (χ4n) is 3.34. The van der Waals surface area contributed by atoms with Crippen LogP contribution < -0.4 is 0 Å². The van der Waals surface area contributed by atoms with Gasteiger partial charge in [0.2, 0.25) is 0 Å². The highest BCUT2D eigenvalue weighted by Crippen LogP contribution is 2.41. The van der Waals surface area contributed by atoms with Crippen molar-refractivity contribution < 1.29 is 14.7 Å². The Balaban J connectivity index is 1.83. The molecule has 4 rings (SSSR count). The third-order valence-corrected chi connectivity index (χ3v) is 5.70. The first-order valence-electron chi connectivity index (χ1n) is 8.84. The molecule has 0 saturated carbocycles. The molecule has 0 aliphatic carbocycles. The summed E-state index contributed by atoms with van der Waals surface area (Å²) in [7, 11) is 0. The molecule has 1 atom stereocenters. The van der Waals surface area contributed by atoms with Crippen molar-refractivity contribution in [3.63, 3.8) is 0 Å². The summed E-state index contributed by atoms with van der Waals surface area (Å²) >= 11 is 1.45. The van der Waals surface area contributed by atoms with Gasteiger partial charge in [-0.15, -0.1) is 11.3 Å². The summed E-state index contributed by atoms with van der Waals surface area (Å²) < 4.78 is 0. The highest BCUT2D eigenvalue weighted by atomic mass is 32.1. The van der Waals surface area contributed by atoms with E-state index in [4.69, 9.17) is 0 Å². The standard InChI is InChI=1S/C22H18N2O3S/c1-14-4-6-16(7-5-14)20(25)18-19(17-3-2-12-28-17)24(22(27)21(18)26)13-15-8-10-23-11-9-15/h2-12,19,25H,13H2,1H3/b20-18-. The van der Waals surface area contributed by atoms with Gasteiger partial charge in [-0.05, 0) is 36.1 Å². The Labute approximate surface area is 166 Å². The first kappa shape index (κ1) is 18.1. The van der Waals surface area contributed by atoms with Gasteiger partial charge in [0.1, 0.15) is 5.76 Å². The number of rotatable bonds is 4. The number of aromatic nitrogens is 1. The van der Waals surface area contributed by atoms with Crippen molar-refractivity contribution in [2.45, 2.75) is 19.5 Å². The number of nitrogens with zero attached hydrogens (tertiary/aromatic N) is 2. The number of aliphatic hydroxyl groups is 1. The van der Waals surface area contributed by atoms with Gasteiger partial charge in [0.05, 0.1) is 11.6 Å². The summed E-state index contributed by atoms with van der Waals surface area (Å²) in [4.78, 5) is 32.1. The SMILES string of the molecule is Cc1ccc(/C(O)=C2/C(=O)C(=O)N(Cc3ccncc3)C2c2cccs2)cc1. The van der Waals surface area contributed by atoms with Gasteiger partial charge in [-0.25, -0.2) is 0 Å². The molecule has 1 amide bonds. The minimum absolute atomic E-state index is 0.130. The fraction of sp³-hybridized carbons (Fsp3) is 0.136. The Hall–Kier alpha value is -3.25. The van der Waals surface area contributed by atoms with Crippen LogP contribution in [0.1, 0.15) is 27.6 Å². The number of likely N-dealkylation sites (tertiary alicyclic amines) is 1. The molecule has 28 heavy (non-hydrogen) atoms. The van der Waals surface area contributed by atoms with Crippen LogP contribution in [-0.4, -0.2) is 26.7 Å². The van der Waals surface area contributed by atoms with E-state index < -0.39 is 17.7 Å². The van der Waals surface area contributed by atoms with E-state index in [2.05, 4.69) is 4.98 Å². The zero-order valence-electron chi connectivity index (χ0n) is 15.2. The van der Waals surface area contributed by atoms with Gasteiger partial charge < -0.3 is 10.0 Å². The van der Waals surface area contributed by atoms with Crippen molar-refractivity contribution in [2.24, 2.45) is 0 Å². The normalized spacial score (nSPS) is 18.6. The van der Waals surface area contributed by atoms with Crippen molar-refractivity contribution in [2.75, 3.05) is 0 Å². The summed E-state index contributed by atoms with van der Waals surface area (Å²) in [5.41, 5.74) is 2.57. The van der Waals surface area contributed by atoms with Crippen molar-refractivity contribution in [1.82, 2.24) is 9.88 Å². The molecular formula is C22H18N2O3S. The lowest BCUT2D eigenvalue weighted by molar-refractivity contribution is -0.140. The largest absolute Gasteiger partial charge is 0.507 e. The molecule has 1 saturated heterocycles. The molecule has 1 N–H and O–H groups in total. The second kappa shape index (κ2) is 7.40. The van der Waals surface area contributed by atoms with Crippen molar-refractivity contribution in [3.8, 4) is 0 Å². The molecule has 1 aliphatic rings. The van der Waals surface area contributed by atoms with Gasteiger partial charge >= 0.3 is 0 Å². The molecule has 0 radical (unpaired) electrons. The number of amides is 1. The average molecular weight is 390 g/mol. The maximum absolute atomic E-state index is 12.9. The van der Waals surface area contributed by atoms with E-state index in [1.165, 1.54) is 16.2 Å². The van der Waals surface area contributed by atoms with Crippen LogP contribution in [0.3, 0.4) is 0 Å². The number of aliphatic hydroxyl groups excluding tert-OH is 1. The average Bonchev–Trinajstić information content (AvgIpc) is 3.32. The maximum atomic E-state index is 12.9. The summed E-state index contributed by atoms with van der Waals surface area (Å²) in [6, 6.07) is 14.0. The molecule has 3 aromatic rings. The smallest absolute Gasteiger partial charge is 0.295 e. The van der Waals surface area contributed by atoms with E-state index in [9.17, 15) is 14.7 Å². The number of hydrogen-bond acceptors (Lipinski definition) is 5. The Morgan fingerprint density at radius 1 is 1.11 bits per heavy atom. The highest BCUT2D eigenvalue weighted by Gasteiger charge is 2.46. The summed E-state index contributed by atoms with van der Waals surface area (Å²) in [6.45, 7) is 2.21. The quantitative estimate of drug-likeness (QED) is 0.414. The van der Waals surface area contributed by atoms with Crippen LogP contribution >= 0.6 is 11.3 Å². The van der Waals surface area contributed by atoms with Gasteiger partial charge in [-0.2, -0.15) is 0 Å². The summed E-state index contributed by atoms with van der Waals surface area (Å²) in [5.74, 6) is -1.41. The Kier molecular flexibility index (Phi) is 4.79. The molecule has 1 fully saturated rings. The molecule has 0 bridgehead atoms. The number of hydrogen-bond donors (Lipinski definition) is 1. The first-order chi connectivity index (χ1) is 13.6. The predicted molar refractivity (Wildman–Crippen MR) is 108 cm³/mol. The molecule has 2 aromatic heterocycles. The van der Waals surface area contributed by atoms with Crippen LogP contribution in [0.2, 0.25) is 0 Å². The Morgan fingerprint density at radius 2 is 1.82 bits per heavy atom. The molecule has 1 aromatic carbocycles. The van der Waals surface area contributed by atoms with E-state index in [1.807, 2.05) is 48.7 Å². The van der Waals surface area contributed by atoms with Crippen molar-refractivity contribution in [3.05, 3.63) is 93.4 Å². The second-order valence-electron chi connectivity index (χ2n) is 6.66. The topological polar surface area (TPSA) is 70.5 Å². The zero-order chi connectivity index (χ0) is 19.7. The van der Waals surface area contributed by atoms with E-state index in [-0.39, 0.29) is 17.9 Å². The third-order valence-electron chi connectivity index (χ3n) is 4.78. The van der Waals surface area contributed by atoms with Crippen LogP contribution in [-0.2, 0) is 16.1 Å². The number of ketones is 1. The number of aryl methyl sites for hydroxylation is 1. The van der Waals surface area contributed by atoms with E-state index in [0.29, 0.717) is 5.56 Å². The lowest BCUT2D eigenvalue weighted by Gasteiger charge is -2.24. The molecular weight excluding hydrogens is 372 g/mol. The van der Waals surface area contributed by atoms with Gasteiger partial charge in [0.15, 0.2) is 0 Å². The fourth-order valence-corrected chi connectivity index (χ4v) is 4.18. The van der Waals surface area contributed by atoms with E-state index in [0.717, 1.165) is 16.0 Å². The second-order valence-corrected chi connectivity index (χ2v) is 7.64. The molecule has 0 spiro atoms. The Morgan fingerprint density at radius 3 is 2.46 bits per heavy atom. The number of benzene rings is 1. The number of carbonyl (C=O) groups excluding carboxylic acids is 2. The van der Waals surface area contributed by atoms with E-state index in [1.54, 1.807) is 24.5 Å². The van der Waals surface area contributed by atoms with Crippen LogP contribution in [0.15, 0.2) is 71.9 Å². The number of pyridine rings is 1. The van der Waals surface area contributed by atoms with E-state index >= 15 is 0 Å². The molecule has 6 heteroatoms. The van der Waals surface area contributed by atoms with Crippen LogP contribution in [0.4, 0.5) is 0 Å². The van der Waals surface area contributed by atoms with Gasteiger partial charge in [0.25, 0.3) is 11.7 Å². The van der Waals surface area contributed by atoms with Gasteiger partial charge in [-0.1, -0.05) is 35.9 Å². The first-order valence-corrected chi connectivity index (χ1v) is 9.72. The lowest BCUT2D eigenvalue weighted by Crippen LogP contribution is -2.28. The summed E-state index contributed by atoms with van der Waals surface area (Å²) in [5, 5.41) is 12.8. The number of carbonyl (C=O) groups is 2. The monoisotopic (exact) mass is 390 g/mol. The highest BCUT2D eigenvalue weighted by molar-refractivity contribution is 7.10. The third kappa shape index (κ3) is 3.23. The number of thiophene rings is 1. The van der Waals surface area contributed by atoms with Crippen molar-refractivity contribution >= 4 is 28.8 Å². The Bertz CT molecular complexity index is 1040. The predicted octanol–water partition coefficient (Wildman–Crippen LogP) is 4.07. The minimum Gasteiger partial charge on any atom is -0.507 e. The van der Waals surface area contributed by atoms with Crippen LogP contribution in [0.5, 0.6) is 0 Å². The van der Waals surface area contributed by atoms with Crippen LogP contribution in [0.25, 0.3) is 5.76 Å².